The summed E-state index contributed by atoms with van der Waals surface area (Å²) in [5.41, 5.74) is 3.64. The van der Waals surface area contributed by atoms with Crippen molar-refractivity contribution in [3.8, 4) is 11.5 Å². The van der Waals surface area contributed by atoms with Crippen LogP contribution in [-0.2, 0) is 6.61 Å². The van der Waals surface area contributed by atoms with Crippen molar-refractivity contribution in [1.82, 2.24) is 10.2 Å². The Bertz CT molecular complexity index is 1770. The molecular formula is C30H22N4O5. The van der Waals surface area contributed by atoms with Gasteiger partial charge in [0.25, 0.3) is 0 Å². The molecule has 0 bridgehead atoms. The molecule has 0 aliphatic heterocycles. The summed E-state index contributed by atoms with van der Waals surface area (Å²) in [5.74, 6) is 1.25. The highest BCUT2D eigenvalue weighted by Gasteiger charge is 2.29. The van der Waals surface area contributed by atoms with E-state index in [4.69, 9.17) is 9.47 Å². The fourth-order valence-corrected chi connectivity index (χ4v) is 4.56. The number of nitrogens with one attached hydrogen (secondary N) is 3. The first-order valence-corrected chi connectivity index (χ1v) is 12.1. The Kier molecular flexibility index (Phi) is 6.01. The molecule has 1 heterocycles. The molecule has 0 saturated heterocycles. The van der Waals surface area contributed by atoms with Gasteiger partial charge in [0.2, 0.25) is 0 Å². The normalized spacial score (nSPS) is 12.0. The first-order chi connectivity index (χ1) is 19.0. The van der Waals surface area contributed by atoms with E-state index in [0.29, 0.717) is 56.2 Å². The highest BCUT2D eigenvalue weighted by Crippen LogP contribution is 2.29. The molecule has 2 amide bonds. The number of methoxy groups -OCH3 is 1. The van der Waals surface area contributed by atoms with Crippen LogP contribution in [0.3, 0.4) is 0 Å². The molecule has 39 heavy (non-hydrogen) atoms. The molecule has 6 rings (SSSR count). The first-order valence-electron chi connectivity index (χ1n) is 12.1. The number of carbonyl (C=O) groups excluding carboxylic acids is 3. The second-order valence-corrected chi connectivity index (χ2v) is 8.96. The van der Waals surface area contributed by atoms with Crippen molar-refractivity contribution in [1.29, 1.82) is 0 Å². The minimum Gasteiger partial charge on any atom is -0.497 e. The average Bonchev–Trinajstić information content (AvgIpc) is 3.36. The lowest BCUT2D eigenvalue weighted by molar-refractivity contribution is 0.0979. The van der Waals surface area contributed by atoms with Crippen molar-refractivity contribution in [3.63, 3.8) is 0 Å². The molecule has 0 radical (unpaired) electrons. The Hall–Kier alpha value is -5.44. The van der Waals surface area contributed by atoms with Gasteiger partial charge in [-0.25, -0.2) is 4.79 Å². The number of ketones is 2. The van der Waals surface area contributed by atoms with Crippen molar-refractivity contribution in [3.05, 3.63) is 113 Å². The summed E-state index contributed by atoms with van der Waals surface area (Å²) >= 11 is 0. The number of rotatable bonds is 6. The molecule has 4 aromatic carbocycles. The SMILES string of the molecule is COc1cccc(NC(=O)Nc2n[nH]c3cc(OCc4ccc5c(c4)C(=O)c4ccccc4C5=O)ccc23)c1. The van der Waals surface area contributed by atoms with E-state index in [9.17, 15) is 14.4 Å². The number of urea groups is 1. The minimum absolute atomic E-state index is 0.154. The zero-order chi connectivity index (χ0) is 26.9. The number of benzene rings is 4. The van der Waals surface area contributed by atoms with Gasteiger partial charge in [-0.2, -0.15) is 5.10 Å². The highest BCUT2D eigenvalue weighted by molar-refractivity contribution is 6.28. The third kappa shape index (κ3) is 4.57. The number of H-pyrrole nitrogens is 1. The van der Waals surface area contributed by atoms with Crippen molar-refractivity contribution in [2.75, 3.05) is 17.7 Å². The van der Waals surface area contributed by atoms with Gasteiger partial charge in [-0.1, -0.05) is 36.4 Å². The average molecular weight is 519 g/mol. The summed E-state index contributed by atoms with van der Waals surface area (Å²) in [7, 11) is 1.56. The van der Waals surface area contributed by atoms with Crippen LogP contribution in [-0.4, -0.2) is 34.9 Å². The molecule has 3 N–H and O–H groups in total. The number of ether oxygens (including phenoxy) is 2. The Morgan fingerprint density at radius 1 is 0.795 bits per heavy atom. The molecule has 0 saturated carbocycles. The van der Waals surface area contributed by atoms with Crippen LogP contribution in [0.2, 0.25) is 0 Å². The van der Waals surface area contributed by atoms with E-state index in [1.165, 1.54) is 0 Å². The van der Waals surface area contributed by atoms with Crippen molar-refractivity contribution >= 4 is 40.0 Å². The van der Waals surface area contributed by atoms with Crippen molar-refractivity contribution < 1.29 is 23.9 Å². The largest absolute Gasteiger partial charge is 0.497 e. The highest BCUT2D eigenvalue weighted by atomic mass is 16.5. The van der Waals surface area contributed by atoms with Crippen LogP contribution < -0.4 is 20.1 Å². The fourth-order valence-electron chi connectivity index (χ4n) is 4.56. The number of aromatic nitrogens is 2. The molecule has 192 valence electrons. The lowest BCUT2D eigenvalue weighted by atomic mass is 9.83. The Morgan fingerprint density at radius 2 is 1.56 bits per heavy atom. The third-order valence-corrected chi connectivity index (χ3v) is 6.49. The van der Waals surface area contributed by atoms with E-state index in [0.717, 1.165) is 5.56 Å². The van der Waals surface area contributed by atoms with Gasteiger partial charge < -0.3 is 14.8 Å². The minimum atomic E-state index is -0.444. The zero-order valence-electron chi connectivity index (χ0n) is 20.8. The maximum atomic E-state index is 13.0. The van der Waals surface area contributed by atoms with Gasteiger partial charge in [-0.3, -0.25) is 20.0 Å². The molecule has 1 aliphatic carbocycles. The number of fused-ring (bicyclic) bond motifs is 3. The van der Waals surface area contributed by atoms with Gasteiger partial charge in [-0.15, -0.1) is 0 Å². The number of carbonyl (C=O) groups is 3. The molecule has 0 spiro atoms. The third-order valence-electron chi connectivity index (χ3n) is 6.49. The number of hydrogen-bond acceptors (Lipinski definition) is 6. The molecule has 5 aromatic rings. The quantitative estimate of drug-likeness (QED) is 0.265. The second-order valence-electron chi connectivity index (χ2n) is 8.96. The molecule has 1 aliphatic rings. The van der Waals surface area contributed by atoms with Gasteiger partial charge in [0.05, 0.1) is 12.6 Å². The summed E-state index contributed by atoms with van der Waals surface area (Å²) in [4.78, 5) is 38.3. The molecule has 0 fully saturated rings. The lowest BCUT2D eigenvalue weighted by Gasteiger charge is -2.18. The number of anilines is 2. The first kappa shape index (κ1) is 23.9. The number of aromatic amines is 1. The van der Waals surface area contributed by atoms with E-state index >= 15 is 0 Å². The van der Waals surface area contributed by atoms with Gasteiger partial charge >= 0.3 is 6.03 Å². The van der Waals surface area contributed by atoms with Gasteiger partial charge in [0, 0.05) is 45.5 Å². The predicted octanol–water partition coefficient (Wildman–Crippen LogP) is 5.57. The van der Waals surface area contributed by atoms with Crippen LogP contribution in [0, 0.1) is 0 Å². The van der Waals surface area contributed by atoms with E-state index in [-0.39, 0.29) is 18.2 Å². The van der Waals surface area contributed by atoms with Gasteiger partial charge in [0.1, 0.15) is 18.1 Å². The van der Waals surface area contributed by atoms with E-state index < -0.39 is 6.03 Å². The van der Waals surface area contributed by atoms with Crippen LogP contribution in [0.1, 0.15) is 37.4 Å². The summed E-state index contributed by atoms with van der Waals surface area (Å²) < 4.78 is 11.1. The fraction of sp³-hybridized carbons (Fsp3) is 0.0667. The number of nitrogens with zero attached hydrogens (tertiary/aromatic N) is 1. The summed E-state index contributed by atoms with van der Waals surface area (Å²) in [5, 5.41) is 13.3. The van der Waals surface area contributed by atoms with Crippen molar-refractivity contribution in [2.24, 2.45) is 0 Å². The molecular weight excluding hydrogens is 496 g/mol. The molecule has 0 unspecified atom stereocenters. The second kappa shape index (κ2) is 9.79. The summed E-state index contributed by atoms with van der Waals surface area (Å²) in [6, 6.07) is 24.0. The molecule has 0 atom stereocenters. The lowest BCUT2D eigenvalue weighted by Crippen LogP contribution is -2.21. The van der Waals surface area contributed by atoms with E-state index in [2.05, 4.69) is 20.8 Å². The maximum absolute atomic E-state index is 13.0. The topological polar surface area (TPSA) is 122 Å². The molecule has 9 nitrogen and oxygen atoms in total. The van der Waals surface area contributed by atoms with Crippen LogP contribution in [0.25, 0.3) is 10.9 Å². The predicted molar refractivity (Wildman–Crippen MR) is 146 cm³/mol. The van der Waals surface area contributed by atoms with Crippen molar-refractivity contribution in [2.45, 2.75) is 6.61 Å². The van der Waals surface area contributed by atoms with Gasteiger partial charge in [0.15, 0.2) is 17.4 Å². The van der Waals surface area contributed by atoms with E-state index in [1.807, 2.05) is 0 Å². The molecule has 1 aromatic heterocycles. The van der Waals surface area contributed by atoms with Gasteiger partial charge in [-0.05, 0) is 42.0 Å². The van der Waals surface area contributed by atoms with Crippen LogP contribution in [0.15, 0.2) is 84.9 Å². The number of hydrogen-bond donors (Lipinski definition) is 3. The Morgan fingerprint density at radius 3 is 2.36 bits per heavy atom. The maximum Gasteiger partial charge on any atom is 0.324 e. The smallest absolute Gasteiger partial charge is 0.324 e. The Balaban J connectivity index is 1.14. The summed E-state index contributed by atoms with van der Waals surface area (Å²) in [6.45, 7) is 0.199. The monoisotopic (exact) mass is 518 g/mol. The van der Waals surface area contributed by atoms with E-state index in [1.54, 1.807) is 92.0 Å². The molecule has 9 heteroatoms. The van der Waals surface area contributed by atoms with Crippen LogP contribution in [0.4, 0.5) is 16.3 Å². The Labute approximate surface area is 222 Å². The zero-order valence-corrected chi connectivity index (χ0v) is 20.8. The standard InChI is InChI=1S/C30H22N4O5/c1-38-19-6-4-5-18(14-19)31-30(37)32-29-24-12-10-20(15-26(24)33-34-29)39-16-17-9-11-23-25(13-17)28(36)22-8-3-2-7-21(22)27(23)35/h2-15H,16H2,1H3,(H3,31,32,33,34,37). The van der Waals surface area contributed by atoms with Crippen LogP contribution in [0.5, 0.6) is 11.5 Å². The summed E-state index contributed by atoms with van der Waals surface area (Å²) in [6.07, 6.45) is 0. The number of amides is 2. The van der Waals surface area contributed by atoms with Crippen LogP contribution >= 0.6 is 0 Å².